The summed E-state index contributed by atoms with van der Waals surface area (Å²) < 4.78 is 19.9. The van der Waals surface area contributed by atoms with Crippen molar-refractivity contribution in [3.63, 3.8) is 0 Å². The number of benzene rings is 1. The molecule has 0 atom stereocenters. The van der Waals surface area contributed by atoms with Crippen LogP contribution in [0.3, 0.4) is 0 Å². The maximum Gasteiger partial charge on any atom is 0.191 e. The molecule has 3 N–H and O–H groups in total. The van der Waals surface area contributed by atoms with Gasteiger partial charge in [0, 0.05) is 39.4 Å². The van der Waals surface area contributed by atoms with Crippen LogP contribution < -0.4 is 15.5 Å². The molecular weight excluding hydrogens is 359 g/mol. The highest BCUT2D eigenvalue weighted by atomic mass is 19.1. The van der Waals surface area contributed by atoms with Gasteiger partial charge in [0.25, 0.3) is 0 Å². The number of aliphatic imine (C=N–C) groups is 1. The average molecular weight is 395 g/mol. The smallest absolute Gasteiger partial charge is 0.191 e. The number of nitrogens with one attached hydrogen (secondary N) is 2. The highest BCUT2D eigenvalue weighted by molar-refractivity contribution is 5.79. The summed E-state index contributed by atoms with van der Waals surface area (Å²) in [6, 6.07) is 5.32. The standard InChI is InChI=1S/C21H35FN4O2/c1-3-23-21(24-11-5-6-14-28-4-2)25-16-17-7-8-20(19(22)15-17)26-12-9-18(27)10-13-26/h7-8,15,18,27H,3-6,9-14,16H2,1-2H3,(H2,23,24,25). The minimum atomic E-state index is -0.260. The Labute approximate surface area is 168 Å². The summed E-state index contributed by atoms with van der Waals surface area (Å²) in [5.41, 5.74) is 1.45. The highest BCUT2D eigenvalue weighted by Gasteiger charge is 2.19. The van der Waals surface area contributed by atoms with E-state index in [4.69, 9.17) is 4.74 Å². The molecule has 0 radical (unpaired) electrons. The second kappa shape index (κ2) is 12.6. The number of ether oxygens (including phenoxy) is 1. The van der Waals surface area contributed by atoms with E-state index in [1.807, 2.05) is 30.9 Å². The Morgan fingerprint density at radius 1 is 1.25 bits per heavy atom. The number of piperidine rings is 1. The van der Waals surface area contributed by atoms with Gasteiger partial charge in [-0.25, -0.2) is 9.38 Å². The van der Waals surface area contributed by atoms with E-state index in [1.165, 1.54) is 0 Å². The van der Waals surface area contributed by atoms with E-state index < -0.39 is 0 Å². The summed E-state index contributed by atoms with van der Waals surface area (Å²) in [5.74, 6) is 0.520. The van der Waals surface area contributed by atoms with Gasteiger partial charge >= 0.3 is 0 Å². The number of unbranched alkanes of at least 4 members (excludes halogenated alkanes) is 1. The Hall–Kier alpha value is -1.86. The van der Waals surface area contributed by atoms with Crippen LogP contribution in [0, 0.1) is 5.82 Å². The van der Waals surface area contributed by atoms with Crippen LogP contribution in [0.2, 0.25) is 0 Å². The molecule has 6 nitrogen and oxygen atoms in total. The van der Waals surface area contributed by atoms with Crippen molar-refractivity contribution in [2.45, 2.75) is 52.2 Å². The largest absolute Gasteiger partial charge is 0.393 e. The van der Waals surface area contributed by atoms with Crippen molar-refractivity contribution in [1.29, 1.82) is 0 Å². The molecule has 1 heterocycles. The van der Waals surface area contributed by atoms with E-state index in [0.717, 1.165) is 50.7 Å². The first kappa shape index (κ1) is 22.4. The van der Waals surface area contributed by atoms with Crippen molar-refractivity contribution < 1.29 is 14.2 Å². The van der Waals surface area contributed by atoms with Crippen LogP contribution >= 0.6 is 0 Å². The molecule has 0 saturated carbocycles. The second-order valence-electron chi connectivity index (χ2n) is 7.03. The molecule has 1 aliphatic heterocycles. The van der Waals surface area contributed by atoms with E-state index in [0.29, 0.717) is 38.2 Å². The Morgan fingerprint density at radius 3 is 2.71 bits per heavy atom. The number of nitrogens with zero attached hydrogens (tertiary/aromatic N) is 2. The van der Waals surface area contributed by atoms with E-state index in [-0.39, 0.29) is 11.9 Å². The molecule has 28 heavy (non-hydrogen) atoms. The molecule has 7 heteroatoms. The number of anilines is 1. The summed E-state index contributed by atoms with van der Waals surface area (Å²) in [4.78, 5) is 6.56. The number of hydrogen-bond acceptors (Lipinski definition) is 4. The van der Waals surface area contributed by atoms with Gasteiger partial charge in [0.05, 0.1) is 18.3 Å². The maximum absolute atomic E-state index is 14.6. The van der Waals surface area contributed by atoms with Gasteiger partial charge in [-0.2, -0.15) is 0 Å². The molecule has 0 amide bonds. The summed E-state index contributed by atoms with van der Waals surface area (Å²) in [7, 11) is 0. The molecule has 1 aromatic carbocycles. The lowest BCUT2D eigenvalue weighted by Crippen LogP contribution is -2.37. The second-order valence-corrected chi connectivity index (χ2v) is 7.03. The molecule has 0 aromatic heterocycles. The van der Waals surface area contributed by atoms with Crippen molar-refractivity contribution in [2.24, 2.45) is 4.99 Å². The minimum absolute atomic E-state index is 0.224. The first-order valence-electron chi connectivity index (χ1n) is 10.4. The molecule has 0 aliphatic carbocycles. The van der Waals surface area contributed by atoms with Gasteiger partial charge in [-0.3, -0.25) is 0 Å². The lowest BCUT2D eigenvalue weighted by molar-refractivity contribution is 0.143. The van der Waals surface area contributed by atoms with Gasteiger partial charge in [0.2, 0.25) is 0 Å². The van der Waals surface area contributed by atoms with Crippen LogP contribution in [-0.2, 0) is 11.3 Å². The van der Waals surface area contributed by atoms with Crippen LogP contribution in [-0.4, -0.2) is 56.6 Å². The van der Waals surface area contributed by atoms with Gasteiger partial charge in [-0.1, -0.05) is 6.07 Å². The maximum atomic E-state index is 14.6. The molecule has 1 aliphatic rings. The van der Waals surface area contributed by atoms with Gasteiger partial charge in [0.1, 0.15) is 5.82 Å². The SMILES string of the molecule is CCNC(=NCc1ccc(N2CCC(O)CC2)c(F)c1)NCCCCOCC. The molecule has 0 unspecified atom stereocenters. The number of halogens is 1. The molecular formula is C21H35FN4O2. The molecule has 1 saturated heterocycles. The zero-order chi connectivity index (χ0) is 20.2. The third kappa shape index (κ3) is 7.64. The fourth-order valence-corrected chi connectivity index (χ4v) is 3.20. The fourth-order valence-electron chi connectivity index (χ4n) is 3.20. The molecule has 158 valence electrons. The Bertz CT molecular complexity index is 604. The number of hydrogen-bond donors (Lipinski definition) is 3. The third-order valence-corrected chi connectivity index (χ3v) is 4.79. The topological polar surface area (TPSA) is 69.1 Å². The molecule has 0 bridgehead atoms. The van der Waals surface area contributed by atoms with Crippen LogP contribution in [0.15, 0.2) is 23.2 Å². The first-order chi connectivity index (χ1) is 13.6. The van der Waals surface area contributed by atoms with Gasteiger partial charge in [0.15, 0.2) is 5.96 Å². The average Bonchev–Trinajstić information content (AvgIpc) is 2.69. The van der Waals surface area contributed by atoms with Crippen LogP contribution in [0.25, 0.3) is 0 Å². The van der Waals surface area contributed by atoms with Crippen molar-refractivity contribution in [3.8, 4) is 0 Å². The fraction of sp³-hybridized carbons (Fsp3) is 0.667. The minimum Gasteiger partial charge on any atom is -0.393 e. The van der Waals surface area contributed by atoms with Crippen LogP contribution in [0.4, 0.5) is 10.1 Å². The van der Waals surface area contributed by atoms with E-state index in [1.54, 1.807) is 6.07 Å². The third-order valence-electron chi connectivity index (χ3n) is 4.79. The Balaban J connectivity index is 1.86. The monoisotopic (exact) mass is 394 g/mol. The normalized spacial score (nSPS) is 15.7. The van der Waals surface area contributed by atoms with Crippen molar-refractivity contribution >= 4 is 11.6 Å². The summed E-state index contributed by atoms with van der Waals surface area (Å²) >= 11 is 0. The predicted molar refractivity (Wildman–Crippen MR) is 112 cm³/mol. The number of aliphatic hydroxyl groups excluding tert-OH is 1. The van der Waals surface area contributed by atoms with E-state index in [9.17, 15) is 9.50 Å². The number of guanidine groups is 1. The summed E-state index contributed by atoms with van der Waals surface area (Å²) in [6.45, 7) is 8.97. The number of rotatable bonds is 10. The Kier molecular flexibility index (Phi) is 10.1. The van der Waals surface area contributed by atoms with Crippen LogP contribution in [0.5, 0.6) is 0 Å². The highest BCUT2D eigenvalue weighted by Crippen LogP contribution is 2.24. The lowest BCUT2D eigenvalue weighted by atomic mass is 10.1. The van der Waals surface area contributed by atoms with E-state index in [2.05, 4.69) is 15.6 Å². The van der Waals surface area contributed by atoms with Crippen molar-refractivity contribution in [2.75, 3.05) is 44.3 Å². The summed E-state index contributed by atoms with van der Waals surface area (Å²) in [6.07, 6.45) is 3.14. The molecule has 2 rings (SSSR count). The lowest BCUT2D eigenvalue weighted by Gasteiger charge is -2.31. The van der Waals surface area contributed by atoms with Gasteiger partial charge in [-0.05, 0) is 57.2 Å². The van der Waals surface area contributed by atoms with Gasteiger partial charge < -0.3 is 25.4 Å². The van der Waals surface area contributed by atoms with Crippen LogP contribution in [0.1, 0.15) is 45.1 Å². The number of aliphatic hydroxyl groups is 1. The molecule has 0 spiro atoms. The van der Waals surface area contributed by atoms with E-state index >= 15 is 0 Å². The molecule has 1 aromatic rings. The van der Waals surface area contributed by atoms with Crippen molar-refractivity contribution in [3.05, 3.63) is 29.6 Å². The zero-order valence-corrected chi connectivity index (χ0v) is 17.2. The first-order valence-corrected chi connectivity index (χ1v) is 10.4. The predicted octanol–water partition coefficient (Wildman–Crippen LogP) is 2.66. The summed E-state index contributed by atoms with van der Waals surface area (Å²) in [5, 5.41) is 16.1. The molecule has 1 fully saturated rings. The van der Waals surface area contributed by atoms with Gasteiger partial charge in [-0.15, -0.1) is 0 Å². The zero-order valence-electron chi connectivity index (χ0n) is 17.2. The quantitative estimate of drug-likeness (QED) is 0.323. The Morgan fingerprint density at radius 2 is 2.04 bits per heavy atom. The van der Waals surface area contributed by atoms with Crippen molar-refractivity contribution in [1.82, 2.24) is 10.6 Å².